The van der Waals surface area contributed by atoms with Gasteiger partial charge in [-0.05, 0) is 75.2 Å². The molecule has 0 radical (unpaired) electrons. The predicted octanol–water partition coefficient (Wildman–Crippen LogP) is 4.25. The molecule has 3 aliphatic heterocycles. The number of hydrogen-bond acceptors (Lipinski definition) is 5. The van der Waals surface area contributed by atoms with Gasteiger partial charge in [0.1, 0.15) is 0 Å². The summed E-state index contributed by atoms with van der Waals surface area (Å²) in [6.07, 6.45) is 17.0. The van der Waals surface area contributed by atoms with E-state index >= 15 is 0 Å². The summed E-state index contributed by atoms with van der Waals surface area (Å²) in [4.78, 5) is 7.93. The maximum absolute atomic E-state index is 6.02. The highest BCUT2D eigenvalue weighted by Gasteiger charge is 2.41. The maximum atomic E-state index is 6.02. The smallest absolute Gasteiger partial charge is 0.0999 e. The zero-order chi connectivity index (χ0) is 22.7. The summed E-state index contributed by atoms with van der Waals surface area (Å²) in [6.45, 7) is 9.38. The van der Waals surface area contributed by atoms with Gasteiger partial charge < -0.3 is 20.9 Å². The van der Waals surface area contributed by atoms with E-state index in [1.165, 1.54) is 88.7 Å². The van der Waals surface area contributed by atoms with Crippen molar-refractivity contribution in [2.24, 2.45) is 11.1 Å². The van der Waals surface area contributed by atoms with E-state index in [2.05, 4.69) is 57.4 Å². The lowest BCUT2D eigenvalue weighted by molar-refractivity contribution is 0.0615. The van der Waals surface area contributed by atoms with Gasteiger partial charge in [0.05, 0.1) is 6.17 Å². The van der Waals surface area contributed by atoms with Crippen molar-refractivity contribution in [3.63, 3.8) is 0 Å². The molecule has 2 saturated heterocycles. The van der Waals surface area contributed by atoms with E-state index in [4.69, 9.17) is 5.73 Å². The average Bonchev–Trinajstić information content (AvgIpc) is 3.42. The molecular formula is C28H45N5. The van der Waals surface area contributed by atoms with Gasteiger partial charge in [-0.25, -0.2) is 0 Å². The molecular weight excluding hydrogens is 406 g/mol. The second-order valence-corrected chi connectivity index (χ2v) is 11.5. The van der Waals surface area contributed by atoms with Crippen molar-refractivity contribution in [1.82, 2.24) is 20.0 Å². The Labute approximate surface area is 201 Å². The van der Waals surface area contributed by atoms with Crippen molar-refractivity contribution in [1.29, 1.82) is 0 Å². The van der Waals surface area contributed by atoms with Crippen LogP contribution in [0.15, 0.2) is 36.7 Å². The van der Waals surface area contributed by atoms with Crippen LogP contribution in [0.1, 0.15) is 75.8 Å². The fourth-order valence-electron chi connectivity index (χ4n) is 6.77. The minimum atomic E-state index is 0.204. The normalized spacial score (nSPS) is 27.3. The summed E-state index contributed by atoms with van der Waals surface area (Å²) in [5.41, 5.74) is 9.44. The molecule has 0 amide bonds. The Morgan fingerprint density at radius 2 is 1.64 bits per heavy atom. The van der Waals surface area contributed by atoms with Crippen molar-refractivity contribution in [2.75, 3.05) is 26.2 Å². The van der Waals surface area contributed by atoms with Gasteiger partial charge in [0.15, 0.2) is 0 Å². The second-order valence-electron chi connectivity index (χ2n) is 11.5. The van der Waals surface area contributed by atoms with Crippen LogP contribution in [0.3, 0.4) is 0 Å². The van der Waals surface area contributed by atoms with Crippen molar-refractivity contribution in [3.05, 3.63) is 47.8 Å². The minimum absolute atomic E-state index is 0.204. The second kappa shape index (κ2) is 10.4. The van der Waals surface area contributed by atoms with E-state index in [0.717, 1.165) is 25.6 Å². The van der Waals surface area contributed by atoms with Gasteiger partial charge in [0.25, 0.3) is 0 Å². The van der Waals surface area contributed by atoms with E-state index in [1.54, 1.807) is 0 Å². The van der Waals surface area contributed by atoms with Gasteiger partial charge in [0.2, 0.25) is 0 Å². The highest BCUT2D eigenvalue weighted by molar-refractivity contribution is 5.23. The maximum Gasteiger partial charge on any atom is 0.0999 e. The first-order chi connectivity index (χ1) is 16.1. The fraction of sp³-hybridized carbons (Fsp3) is 0.714. The molecule has 2 atom stereocenters. The Balaban J connectivity index is 1.09. The molecule has 3 fully saturated rings. The third kappa shape index (κ3) is 5.75. The standard InChI is InChI=1S/C28H45N5/c1-23(29)19-27-30-14-18-33(27)21-25-9-7-24(8-10-25)20-31-15-11-28(22-31)12-16-32(17-13-28)26-5-3-2-4-6-26/h7-10,14,18,23,26-27,30H,2-6,11-13,15-17,19-22,29H2,1H3. The topological polar surface area (TPSA) is 47.8 Å². The number of piperidine rings is 1. The predicted molar refractivity (Wildman–Crippen MR) is 136 cm³/mol. The van der Waals surface area contributed by atoms with Crippen molar-refractivity contribution in [2.45, 2.75) is 96.1 Å². The van der Waals surface area contributed by atoms with Crippen LogP contribution in [0.4, 0.5) is 0 Å². The summed E-state index contributed by atoms with van der Waals surface area (Å²) < 4.78 is 0. The number of nitrogens with two attached hydrogens (primary N) is 1. The van der Waals surface area contributed by atoms with E-state index in [0.29, 0.717) is 11.6 Å². The molecule has 1 aromatic rings. The number of likely N-dealkylation sites (tertiary alicyclic amines) is 2. The van der Waals surface area contributed by atoms with E-state index in [1.807, 2.05) is 6.20 Å². The third-order valence-corrected chi connectivity index (χ3v) is 8.81. The van der Waals surface area contributed by atoms with Crippen LogP contribution in [0.25, 0.3) is 0 Å². The van der Waals surface area contributed by atoms with E-state index in [9.17, 15) is 0 Å². The third-order valence-electron chi connectivity index (χ3n) is 8.81. The molecule has 0 bridgehead atoms. The minimum Gasteiger partial charge on any atom is -0.370 e. The summed E-state index contributed by atoms with van der Waals surface area (Å²) in [6, 6.07) is 10.4. The fourth-order valence-corrected chi connectivity index (χ4v) is 6.77. The molecule has 33 heavy (non-hydrogen) atoms. The first kappa shape index (κ1) is 23.2. The lowest BCUT2D eigenvalue weighted by Crippen LogP contribution is -2.46. The molecule has 5 rings (SSSR count). The molecule has 4 aliphatic rings. The van der Waals surface area contributed by atoms with Gasteiger partial charge in [-0.2, -0.15) is 0 Å². The zero-order valence-corrected chi connectivity index (χ0v) is 20.7. The summed E-state index contributed by atoms with van der Waals surface area (Å²) in [7, 11) is 0. The highest BCUT2D eigenvalue weighted by atomic mass is 15.3. The molecule has 182 valence electrons. The van der Waals surface area contributed by atoms with Crippen molar-refractivity contribution >= 4 is 0 Å². The molecule has 3 heterocycles. The number of rotatable bonds is 7. The monoisotopic (exact) mass is 451 g/mol. The lowest BCUT2D eigenvalue weighted by atomic mass is 9.77. The molecule has 5 heteroatoms. The molecule has 1 spiro atoms. The van der Waals surface area contributed by atoms with Crippen molar-refractivity contribution in [3.8, 4) is 0 Å². The van der Waals surface area contributed by atoms with Crippen LogP contribution in [-0.2, 0) is 13.1 Å². The Bertz CT molecular complexity index is 774. The Morgan fingerprint density at radius 1 is 0.970 bits per heavy atom. The van der Waals surface area contributed by atoms with E-state index < -0.39 is 0 Å². The molecule has 0 aromatic heterocycles. The van der Waals surface area contributed by atoms with Crippen molar-refractivity contribution < 1.29 is 0 Å². The summed E-state index contributed by atoms with van der Waals surface area (Å²) in [5.74, 6) is 0. The number of nitrogens with zero attached hydrogens (tertiary/aromatic N) is 3. The Kier molecular flexibility index (Phi) is 7.29. The molecule has 1 aromatic carbocycles. The van der Waals surface area contributed by atoms with Crippen LogP contribution in [0.2, 0.25) is 0 Å². The van der Waals surface area contributed by atoms with Gasteiger partial charge in [0, 0.05) is 50.5 Å². The van der Waals surface area contributed by atoms with Crippen LogP contribution in [-0.4, -0.2) is 59.1 Å². The van der Waals surface area contributed by atoms with Crippen LogP contribution in [0, 0.1) is 5.41 Å². The zero-order valence-electron chi connectivity index (χ0n) is 20.7. The van der Waals surface area contributed by atoms with Crippen LogP contribution in [0.5, 0.6) is 0 Å². The Morgan fingerprint density at radius 3 is 2.33 bits per heavy atom. The molecule has 2 unspecified atom stereocenters. The van der Waals surface area contributed by atoms with Gasteiger partial charge in [-0.3, -0.25) is 4.90 Å². The molecule has 5 nitrogen and oxygen atoms in total. The first-order valence-corrected chi connectivity index (χ1v) is 13.6. The van der Waals surface area contributed by atoms with Gasteiger partial charge >= 0.3 is 0 Å². The van der Waals surface area contributed by atoms with E-state index in [-0.39, 0.29) is 6.04 Å². The van der Waals surface area contributed by atoms with Crippen LogP contribution >= 0.6 is 0 Å². The van der Waals surface area contributed by atoms with Gasteiger partial charge in [-0.1, -0.05) is 43.5 Å². The largest absolute Gasteiger partial charge is 0.370 e. The number of nitrogens with one attached hydrogen (secondary N) is 1. The Hall–Kier alpha value is -1.56. The average molecular weight is 452 g/mol. The van der Waals surface area contributed by atoms with Gasteiger partial charge in [-0.15, -0.1) is 0 Å². The quantitative estimate of drug-likeness (QED) is 0.649. The number of hydrogen-bond donors (Lipinski definition) is 2. The first-order valence-electron chi connectivity index (χ1n) is 13.6. The molecule has 1 saturated carbocycles. The molecule has 3 N–H and O–H groups in total. The lowest BCUT2D eigenvalue weighted by Gasteiger charge is -2.43. The molecule has 1 aliphatic carbocycles. The summed E-state index contributed by atoms with van der Waals surface area (Å²) in [5, 5.41) is 3.42. The van der Waals surface area contributed by atoms with Crippen LogP contribution < -0.4 is 11.1 Å². The SMILES string of the molecule is CC(N)CC1NC=CN1Cc1ccc(CN2CCC3(CCN(C4CCCCC4)CC3)C2)cc1. The summed E-state index contributed by atoms with van der Waals surface area (Å²) >= 11 is 0. The highest BCUT2D eigenvalue weighted by Crippen LogP contribution is 2.42. The number of benzene rings is 1.